The maximum atomic E-state index is 4.81. The van der Waals surface area contributed by atoms with Crippen molar-refractivity contribution in [3.63, 3.8) is 0 Å². The molecule has 0 unspecified atom stereocenters. The molecule has 0 radical (unpaired) electrons. The third-order valence-corrected chi connectivity index (χ3v) is 5.65. The highest BCUT2D eigenvalue weighted by molar-refractivity contribution is 5.81. The first kappa shape index (κ1) is 16.8. The van der Waals surface area contributed by atoms with Crippen molar-refractivity contribution in [1.29, 1.82) is 0 Å². The third-order valence-electron chi connectivity index (χ3n) is 5.65. The van der Waals surface area contributed by atoms with Crippen LogP contribution >= 0.6 is 0 Å². The molecule has 0 aliphatic heterocycles. The molecular weight excluding hydrogens is 344 g/mol. The Morgan fingerprint density at radius 2 is 1.68 bits per heavy atom. The first-order valence-electron chi connectivity index (χ1n) is 9.54. The van der Waals surface area contributed by atoms with E-state index in [1.165, 1.54) is 22.4 Å². The largest absolute Gasteiger partial charge is 0.308 e. The number of nitrogens with zero attached hydrogens (tertiary/aromatic N) is 4. The summed E-state index contributed by atoms with van der Waals surface area (Å²) in [5.41, 5.74) is 9.50. The molecule has 2 aromatic carbocycles. The van der Waals surface area contributed by atoms with E-state index >= 15 is 0 Å². The molecule has 0 saturated carbocycles. The predicted octanol–water partition coefficient (Wildman–Crippen LogP) is 4.60. The molecule has 4 heteroatoms. The average Bonchev–Trinajstić information content (AvgIpc) is 3.21. The van der Waals surface area contributed by atoms with Gasteiger partial charge in [0.15, 0.2) is 0 Å². The number of pyridine rings is 1. The van der Waals surface area contributed by atoms with Crippen LogP contribution in [-0.4, -0.2) is 14.0 Å². The fraction of sp³-hybridized carbons (Fsp3) is 0.167. The fourth-order valence-corrected chi connectivity index (χ4v) is 4.07. The summed E-state index contributed by atoms with van der Waals surface area (Å²) < 4.78 is 6.62. The Morgan fingerprint density at radius 1 is 0.893 bits per heavy atom. The summed E-state index contributed by atoms with van der Waals surface area (Å²) in [6, 6.07) is 21.4. The van der Waals surface area contributed by atoms with Crippen LogP contribution in [0.5, 0.6) is 0 Å². The van der Waals surface area contributed by atoms with Gasteiger partial charge in [0.2, 0.25) is 17.2 Å². The summed E-state index contributed by atoms with van der Waals surface area (Å²) in [5.74, 6) is 0.952. The minimum Gasteiger partial charge on any atom is -0.308 e. The van der Waals surface area contributed by atoms with Gasteiger partial charge in [-0.3, -0.25) is 4.40 Å². The Balaban J connectivity index is 1.74. The van der Waals surface area contributed by atoms with Gasteiger partial charge in [0.1, 0.15) is 12.7 Å². The van der Waals surface area contributed by atoms with Crippen LogP contribution in [0.4, 0.5) is 0 Å². The average molecular weight is 367 g/mol. The smallest absolute Gasteiger partial charge is 0.231 e. The molecule has 0 aliphatic carbocycles. The van der Waals surface area contributed by atoms with E-state index in [0.717, 1.165) is 28.2 Å². The molecule has 0 amide bonds. The molecule has 138 valence electrons. The predicted molar refractivity (Wildman–Crippen MR) is 113 cm³/mol. The summed E-state index contributed by atoms with van der Waals surface area (Å²) in [5, 5.41) is 0. The molecule has 28 heavy (non-hydrogen) atoms. The van der Waals surface area contributed by atoms with Crippen molar-refractivity contribution in [2.45, 2.75) is 13.8 Å². The van der Waals surface area contributed by atoms with Crippen LogP contribution in [0.15, 0.2) is 66.9 Å². The van der Waals surface area contributed by atoms with Crippen molar-refractivity contribution >= 4 is 16.8 Å². The van der Waals surface area contributed by atoms with E-state index in [-0.39, 0.29) is 0 Å². The number of fused-ring (bicyclic) bond motifs is 3. The van der Waals surface area contributed by atoms with Gasteiger partial charge >= 0.3 is 0 Å². The zero-order valence-electron chi connectivity index (χ0n) is 16.6. The second-order valence-corrected chi connectivity index (χ2v) is 7.52. The molecule has 0 saturated heterocycles. The lowest BCUT2D eigenvalue weighted by Crippen LogP contribution is -2.34. The summed E-state index contributed by atoms with van der Waals surface area (Å²) in [4.78, 5) is 4.81. The molecule has 0 bridgehead atoms. The first-order chi connectivity index (χ1) is 13.5. The van der Waals surface area contributed by atoms with Gasteiger partial charge in [0.05, 0.1) is 11.0 Å². The number of rotatable bonds is 2. The van der Waals surface area contributed by atoms with Crippen molar-refractivity contribution in [3.05, 3.63) is 78.0 Å². The van der Waals surface area contributed by atoms with Crippen molar-refractivity contribution in [3.8, 4) is 22.6 Å². The van der Waals surface area contributed by atoms with Crippen LogP contribution in [0.3, 0.4) is 0 Å². The summed E-state index contributed by atoms with van der Waals surface area (Å²) in [6.07, 6.45) is 2.19. The first-order valence-corrected chi connectivity index (χ1v) is 9.54. The van der Waals surface area contributed by atoms with Crippen LogP contribution in [-0.2, 0) is 14.1 Å². The second-order valence-electron chi connectivity index (χ2n) is 7.52. The molecule has 0 N–H and O–H groups in total. The van der Waals surface area contributed by atoms with E-state index in [0.29, 0.717) is 0 Å². The fourth-order valence-electron chi connectivity index (χ4n) is 4.07. The van der Waals surface area contributed by atoms with Crippen LogP contribution in [0.1, 0.15) is 11.1 Å². The van der Waals surface area contributed by atoms with Gasteiger partial charge in [-0.15, -0.1) is 0 Å². The number of aromatic nitrogens is 4. The van der Waals surface area contributed by atoms with Crippen LogP contribution in [0, 0.1) is 13.8 Å². The minimum absolute atomic E-state index is 0.952. The quantitative estimate of drug-likeness (QED) is 0.419. The number of aryl methyl sites for hydroxylation is 3. The number of para-hydroxylation sites is 2. The molecule has 0 spiro atoms. The number of hydrogen-bond acceptors (Lipinski definition) is 1. The van der Waals surface area contributed by atoms with Crippen LogP contribution in [0.25, 0.3) is 39.5 Å². The van der Waals surface area contributed by atoms with Crippen LogP contribution in [0.2, 0.25) is 0 Å². The van der Waals surface area contributed by atoms with Gasteiger partial charge in [-0.1, -0.05) is 29.8 Å². The van der Waals surface area contributed by atoms with Gasteiger partial charge in [-0.2, -0.15) is 4.57 Å². The molecular formula is C24H23N4+. The topological polar surface area (TPSA) is 26.1 Å². The van der Waals surface area contributed by atoms with Gasteiger partial charge in [-0.25, -0.2) is 4.98 Å². The van der Waals surface area contributed by atoms with Crippen LogP contribution < -0.4 is 4.57 Å². The highest BCUT2D eigenvalue weighted by Gasteiger charge is 2.22. The highest BCUT2D eigenvalue weighted by Crippen LogP contribution is 2.27. The van der Waals surface area contributed by atoms with Crippen molar-refractivity contribution < 1.29 is 4.57 Å². The Labute approximate surface area is 164 Å². The number of hydrogen-bond donors (Lipinski definition) is 0. The second kappa shape index (κ2) is 6.06. The standard InChI is InChI=1S/C24H23N4/c1-16-12-13-17(2)18(14-16)20-10-7-11-22(26(20)3)23-15-28-21-9-6-5-8-19(21)25-24(28)27(23)4/h5-15H,1-4H3/q+1. The Hall–Kier alpha value is -3.40. The minimum atomic E-state index is 0.952. The number of imidazole rings is 2. The maximum absolute atomic E-state index is 4.81. The lowest BCUT2D eigenvalue weighted by Gasteiger charge is -2.09. The van der Waals surface area contributed by atoms with E-state index < -0.39 is 0 Å². The summed E-state index contributed by atoms with van der Waals surface area (Å²) in [6.45, 7) is 4.31. The zero-order chi connectivity index (χ0) is 19.4. The SMILES string of the molecule is Cc1ccc(C)c(-c2cccc(-c3cn4c5ccccc5nc4n3C)[n+]2C)c1. The Morgan fingerprint density at radius 3 is 2.54 bits per heavy atom. The van der Waals surface area contributed by atoms with Crippen molar-refractivity contribution in [2.24, 2.45) is 14.1 Å². The molecule has 0 fully saturated rings. The van der Waals surface area contributed by atoms with Gasteiger partial charge < -0.3 is 4.57 Å². The van der Waals surface area contributed by atoms with Crippen molar-refractivity contribution in [1.82, 2.24) is 14.0 Å². The van der Waals surface area contributed by atoms with Gasteiger partial charge in [-0.05, 0) is 43.7 Å². The normalized spacial score (nSPS) is 11.6. The summed E-state index contributed by atoms with van der Waals surface area (Å²) >= 11 is 0. The molecule has 5 aromatic rings. The molecule has 4 nitrogen and oxygen atoms in total. The highest BCUT2D eigenvalue weighted by atomic mass is 15.2. The maximum Gasteiger partial charge on any atom is 0.231 e. The zero-order valence-corrected chi connectivity index (χ0v) is 16.6. The van der Waals surface area contributed by atoms with E-state index in [9.17, 15) is 0 Å². The molecule has 0 atom stereocenters. The lowest BCUT2D eigenvalue weighted by atomic mass is 10.0. The Kier molecular flexibility index (Phi) is 3.63. The molecule has 3 aromatic heterocycles. The summed E-state index contributed by atoms with van der Waals surface area (Å²) in [7, 11) is 4.22. The van der Waals surface area contributed by atoms with E-state index in [1.54, 1.807) is 0 Å². The monoisotopic (exact) mass is 367 g/mol. The lowest BCUT2D eigenvalue weighted by molar-refractivity contribution is -0.649. The van der Waals surface area contributed by atoms with E-state index in [4.69, 9.17) is 4.98 Å². The Bertz CT molecular complexity index is 1350. The van der Waals surface area contributed by atoms with E-state index in [2.05, 4.69) is 102 Å². The van der Waals surface area contributed by atoms with Gasteiger partial charge in [0.25, 0.3) is 0 Å². The molecule has 3 heterocycles. The van der Waals surface area contributed by atoms with Crippen molar-refractivity contribution in [2.75, 3.05) is 0 Å². The van der Waals surface area contributed by atoms with E-state index in [1.807, 2.05) is 6.07 Å². The molecule has 5 rings (SSSR count). The third kappa shape index (κ3) is 2.38. The molecule has 0 aliphatic rings. The van der Waals surface area contributed by atoms with Gasteiger partial charge in [0, 0.05) is 30.9 Å². The number of benzene rings is 2.